The van der Waals surface area contributed by atoms with Crippen LogP contribution in [-0.4, -0.2) is 37.1 Å². The minimum absolute atomic E-state index is 0.0959. The SMILES string of the molecule is CCN(CC1CCCNC1)C(=O)Nc1ccc(Cl)c(Cl)c1. The largest absolute Gasteiger partial charge is 0.324 e. The molecule has 1 fully saturated rings. The van der Waals surface area contributed by atoms with Gasteiger partial charge in [0.15, 0.2) is 0 Å². The molecule has 0 radical (unpaired) electrons. The summed E-state index contributed by atoms with van der Waals surface area (Å²) in [5, 5.41) is 7.17. The molecule has 1 saturated heterocycles. The third-order valence-corrected chi connectivity index (χ3v) is 4.46. The van der Waals surface area contributed by atoms with Gasteiger partial charge in [-0.15, -0.1) is 0 Å². The molecule has 116 valence electrons. The zero-order valence-corrected chi connectivity index (χ0v) is 13.7. The lowest BCUT2D eigenvalue weighted by Gasteiger charge is -2.29. The molecule has 1 heterocycles. The van der Waals surface area contributed by atoms with Crippen LogP contribution < -0.4 is 10.6 Å². The van der Waals surface area contributed by atoms with E-state index in [1.165, 1.54) is 12.8 Å². The molecule has 2 N–H and O–H groups in total. The Labute approximate surface area is 135 Å². The van der Waals surface area contributed by atoms with Crippen LogP contribution in [0.4, 0.5) is 10.5 Å². The van der Waals surface area contributed by atoms with Crippen molar-refractivity contribution in [3.05, 3.63) is 28.2 Å². The van der Waals surface area contributed by atoms with E-state index in [2.05, 4.69) is 10.6 Å². The number of hydrogen-bond donors (Lipinski definition) is 2. The highest BCUT2D eigenvalue weighted by Crippen LogP contribution is 2.25. The maximum Gasteiger partial charge on any atom is 0.321 e. The van der Waals surface area contributed by atoms with Gasteiger partial charge in [0, 0.05) is 18.8 Å². The summed E-state index contributed by atoms with van der Waals surface area (Å²) >= 11 is 11.8. The van der Waals surface area contributed by atoms with Gasteiger partial charge in [-0.3, -0.25) is 0 Å². The normalized spacial score (nSPS) is 18.3. The first-order chi connectivity index (χ1) is 10.1. The molecule has 1 aromatic carbocycles. The van der Waals surface area contributed by atoms with E-state index in [9.17, 15) is 4.79 Å². The summed E-state index contributed by atoms with van der Waals surface area (Å²) in [4.78, 5) is 14.2. The van der Waals surface area contributed by atoms with Crippen LogP contribution in [0.15, 0.2) is 18.2 Å². The Hall–Kier alpha value is -0.970. The highest BCUT2D eigenvalue weighted by Gasteiger charge is 2.19. The highest BCUT2D eigenvalue weighted by atomic mass is 35.5. The van der Waals surface area contributed by atoms with Gasteiger partial charge in [0.05, 0.1) is 10.0 Å². The summed E-state index contributed by atoms with van der Waals surface area (Å²) in [7, 11) is 0. The monoisotopic (exact) mass is 329 g/mol. The van der Waals surface area contributed by atoms with E-state index in [0.717, 1.165) is 19.6 Å². The molecular formula is C15H21Cl2N3O. The van der Waals surface area contributed by atoms with Crippen LogP contribution in [0, 0.1) is 5.92 Å². The Morgan fingerprint density at radius 1 is 1.43 bits per heavy atom. The topological polar surface area (TPSA) is 44.4 Å². The number of amides is 2. The van der Waals surface area contributed by atoms with E-state index >= 15 is 0 Å². The van der Waals surface area contributed by atoms with Crippen LogP contribution >= 0.6 is 23.2 Å². The Bertz CT molecular complexity index is 490. The van der Waals surface area contributed by atoms with Crippen molar-refractivity contribution in [2.45, 2.75) is 19.8 Å². The van der Waals surface area contributed by atoms with E-state index in [4.69, 9.17) is 23.2 Å². The van der Waals surface area contributed by atoms with Gasteiger partial charge in [-0.25, -0.2) is 4.79 Å². The second kappa shape index (κ2) is 7.87. The lowest BCUT2D eigenvalue weighted by molar-refractivity contribution is 0.197. The first-order valence-corrected chi connectivity index (χ1v) is 8.07. The number of piperidine rings is 1. The standard InChI is InChI=1S/C15H21Cl2N3O/c1-2-20(10-11-4-3-7-18-9-11)15(21)19-12-5-6-13(16)14(17)8-12/h5-6,8,11,18H,2-4,7,9-10H2,1H3,(H,19,21). The third kappa shape index (κ3) is 4.77. The van der Waals surface area contributed by atoms with Gasteiger partial charge < -0.3 is 15.5 Å². The predicted molar refractivity (Wildman–Crippen MR) is 88.3 cm³/mol. The molecule has 1 aromatic rings. The molecule has 1 aliphatic rings. The van der Waals surface area contributed by atoms with E-state index in [-0.39, 0.29) is 6.03 Å². The molecule has 0 bridgehead atoms. The van der Waals surface area contributed by atoms with Gasteiger partial charge in [-0.05, 0) is 57.0 Å². The number of benzene rings is 1. The van der Waals surface area contributed by atoms with E-state index in [1.807, 2.05) is 11.8 Å². The minimum atomic E-state index is -0.0959. The van der Waals surface area contributed by atoms with E-state index in [0.29, 0.717) is 28.2 Å². The Balaban J connectivity index is 1.94. The Morgan fingerprint density at radius 3 is 2.86 bits per heavy atom. The van der Waals surface area contributed by atoms with Gasteiger partial charge in [-0.1, -0.05) is 23.2 Å². The van der Waals surface area contributed by atoms with Crippen molar-refractivity contribution < 1.29 is 4.79 Å². The van der Waals surface area contributed by atoms with Crippen molar-refractivity contribution in [2.75, 3.05) is 31.5 Å². The number of urea groups is 1. The van der Waals surface area contributed by atoms with Crippen LogP contribution in [0.5, 0.6) is 0 Å². The van der Waals surface area contributed by atoms with Crippen LogP contribution in [0.25, 0.3) is 0 Å². The number of anilines is 1. The number of carbonyl (C=O) groups excluding carboxylic acids is 1. The number of hydrogen-bond acceptors (Lipinski definition) is 2. The summed E-state index contributed by atoms with van der Waals surface area (Å²) in [6.07, 6.45) is 2.35. The summed E-state index contributed by atoms with van der Waals surface area (Å²) in [5.41, 5.74) is 0.662. The number of nitrogens with one attached hydrogen (secondary N) is 2. The molecule has 0 saturated carbocycles. The fourth-order valence-electron chi connectivity index (χ4n) is 2.52. The van der Waals surface area contributed by atoms with Crippen molar-refractivity contribution in [1.82, 2.24) is 10.2 Å². The summed E-state index contributed by atoms with van der Waals surface area (Å²) in [6, 6.07) is 5.00. The van der Waals surface area contributed by atoms with Crippen molar-refractivity contribution in [3.63, 3.8) is 0 Å². The molecule has 1 aliphatic heterocycles. The fourth-order valence-corrected chi connectivity index (χ4v) is 2.82. The lowest BCUT2D eigenvalue weighted by atomic mass is 9.99. The van der Waals surface area contributed by atoms with Crippen molar-refractivity contribution in [1.29, 1.82) is 0 Å². The molecular weight excluding hydrogens is 309 g/mol. The molecule has 21 heavy (non-hydrogen) atoms. The predicted octanol–water partition coefficient (Wildman–Crippen LogP) is 3.85. The summed E-state index contributed by atoms with van der Waals surface area (Å²) in [6.45, 7) is 5.51. The summed E-state index contributed by atoms with van der Waals surface area (Å²) in [5.74, 6) is 0.526. The molecule has 1 unspecified atom stereocenters. The van der Waals surface area contributed by atoms with Crippen LogP contribution in [0.1, 0.15) is 19.8 Å². The average molecular weight is 330 g/mol. The Kier molecular flexibility index (Phi) is 6.15. The van der Waals surface area contributed by atoms with Crippen molar-refractivity contribution in [2.24, 2.45) is 5.92 Å². The molecule has 2 amide bonds. The molecule has 4 nitrogen and oxygen atoms in total. The smallest absolute Gasteiger partial charge is 0.321 e. The van der Waals surface area contributed by atoms with Gasteiger partial charge in [0.25, 0.3) is 0 Å². The minimum Gasteiger partial charge on any atom is -0.324 e. The zero-order valence-electron chi connectivity index (χ0n) is 12.2. The molecule has 0 aliphatic carbocycles. The molecule has 6 heteroatoms. The van der Waals surface area contributed by atoms with Crippen LogP contribution in [0.3, 0.4) is 0 Å². The zero-order chi connectivity index (χ0) is 15.2. The van der Waals surface area contributed by atoms with Crippen molar-refractivity contribution >= 4 is 34.9 Å². The van der Waals surface area contributed by atoms with Gasteiger partial charge >= 0.3 is 6.03 Å². The number of carbonyl (C=O) groups is 1. The number of nitrogens with zero attached hydrogens (tertiary/aromatic N) is 1. The summed E-state index contributed by atoms with van der Waals surface area (Å²) < 4.78 is 0. The fraction of sp³-hybridized carbons (Fsp3) is 0.533. The first-order valence-electron chi connectivity index (χ1n) is 7.32. The Morgan fingerprint density at radius 2 is 2.24 bits per heavy atom. The molecule has 1 atom stereocenters. The maximum absolute atomic E-state index is 12.3. The average Bonchev–Trinajstić information content (AvgIpc) is 2.49. The van der Waals surface area contributed by atoms with E-state index < -0.39 is 0 Å². The van der Waals surface area contributed by atoms with Crippen LogP contribution in [-0.2, 0) is 0 Å². The van der Waals surface area contributed by atoms with E-state index in [1.54, 1.807) is 18.2 Å². The second-order valence-corrected chi connectivity index (χ2v) is 6.12. The quantitative estimate of drug-likeness (QED) is 0.881. The lowest BCUT2D eigenvalue weighted by Crippen LogP contribution is -2.42. The van der Waals surface area contributed by atoms with Gasteiger partial charge in [0.1, 0.15) is 0 Å². The number of halogens is 2. The van der Waals surface area contributed by atoms with Crippen LogP contribution in [0.2, 0.25) is 10.0 Å². The second-order valence-electron chi connectivity index (χ2n) is 5.31. The number of rotatable bonds is 4. The highest BCUT2D eigenvalue weighted by molar-refractivity contribution is 6.42. The van der Waals surface area contributed by atoms with Gasteiger partial charge in [-0.2, -0.15) is 0 Å². The third-order valence-electron chi connectivity index (χ3n) is 3.72. The molecule has 0 spiro atoms. The molecule has 2 rings (SSSR count). The molecule has 0 aromatic heterocycles. The van der Waals surface area contributed by atoms with Gasteiger partial charge in [0.2, 0.25) is 0 Å². The first kappa shape index (κ1) is 16.4. The maximum atomic E-state index is 12.3. The van der Waals surface area contributed by atoms with Crippen molar-refractivity contribution in [3.8, 4) is 0 Å².